The van der Waals surface area contributed by atoms with Crippen molar-refractivity contribution in [2.24, 2.45) is 5.92 Å². The van der Waals surface area contributed by atoms with Gasteiger partial charge in [0.1, 0.15) is 0 Å². The number of methoxy groups -OCH3 is 1. The van der Waals surface area contributed by atoms with Gasteiger partial charge in [-0.15, -0.1) is 0 Å². The van der Waals surface area contributed by atoms with Crippen molar-refractivity contribution in [3.8, 4) is 0 Å². The zero-order valence-corrected chi connectivity index (χ0v) is 10.8. The van der Waals surface area contributed by atoms with Crippen molar-refractivity contribution in [2.75, 3.05) is 33.4 Å². The molecule has 1 fully saturated rings. The number of aliphatic hydroxyl groups is 1. The van der Waals surface area contributed by atoms with E-state index < -0.39 is 0 Å². The molecule has 0 aromatic heterocycles. The third-order valence-electron chi connectivity index (χ3n) is 3.34. The molecule has 0 saturated carbocycles. The maximum atomic E-state index is 11.2. The van der Waals surface area contributed by atoms with Crippen LogP contribution in [0, 0.1) is 5.92 Å². The van der Waals surface area contributed by atoms with Crippen LogP contribution in [0.4, 0.5) is 4.79 Å². The molecule has 0 aliphatic carbocycles. The molecule has 0 bridgehead atoms. The molecule has 1 saturated heterocycles. The number of amides is 1. The van der Waals surface area contributed by atoms with E-state index in [1.807, 2.05) is 0 Å². The number of likely N-dealkylation sites (tertiary alicyclic amines) is 1. The van der Waals surface area contributed by atoms with Gasteiger partial charge in [-0.25, -0.2) is 4.79 Å². The van der Waals surface area contributed by atoms with Gasteiger partial charge in [-0.1, -0.05) is 6.92 Å². The second-order valence-electron chi connectivity index (χ2n) is 4.65. The van der Waals surface area contributed by atoms with Crippen molar-refractivity contribution < 1.29 is 14.6 Å². The Morgan fingerprint density at radius 3 is 2.88 bits per heavy atom. The molecule has 0 radical (unpaired) electrons. The minimum atomic E-state index is -0.353. The molecule has 5 heteroatoms. The zero-order valence-electron chi connectivity index (χ0n) is 10.8. The summed E-state index contributed by atoms with van der Waals surface area (Å²) in [7, 11) is 1.39. The zero-order chi connectivity index (χ0) is 12.7. The van der Waals surface area contributed by atoms with Gasteiger partial charge in [0.05, 0.1) is 7.11 Å². The normalized spacial score (nSPS) is 25.6. The molecule has 2 atom stereocenters. The fourth-order valence-corrected chi connectivity index (χ4v) is 2.48. The smallest absolute Gasteiger partial charge is 0.407 e. The van der Waals surface area contributed by atoms with E-state index in [2.05, 4.69) is 21.9 Å². The van der Waals surface area contributed by atoms with Crippen molar-refractivity contribution in [3.63, 3.8) is 0 Å². The third kappa shape index (κ3) is 4.91. The molecule has 1 heterocycles. The molecule has 2 N–H and O–H groups in total. The lowest BCUT2D eigenvalue weighted by atomic mass is 9.90. The van der Waals surface area contributed by atoms with Crippen molar-refractivity contribution in [1.29, 1.82) is 0 Å². The van der Waals surface area contributed by atoms with Gasteiger partial charge in [-0.3, -0.25) is 0 Å². The van der Waals surface area contributed by atoms with E-state index in [9.17, 15) is 4.79 Å². The molecular formula is C12H24N2O3. The molecule has 1 amide bonds. The van der Waals surface area contributed by atoms with E-state index >= 15 is 0 Å². The van der Waals surface area contributed by atoms with Gasteiger partial charge in [0, 0.05) is 25.7 Å². The highest BCUT2D eigenvalue weighted by Gasteiger charge is 2.27. The van der Waals surface area contributed by atoms with Crippen LogP contribution in [-0.2, 0) is 4.74 Å². The summed E-state index contributed by atoms with van der Waals surface area (Å²) < 4.78 is 4.63. The maximum absolute atomic E-state index is 11.2. The summed E-state index contributed by atoms with van der Waals surface area (Å²) in [4.78, 5) is 13.5. The molecule has 2 unspecified atom stereocenters. The number of ether oxygens (including phenoxy) is 1. The van der Waals surface area contributed by atoms with Crippen LogP contribution in [0.1, 0.15) is 26.2 Å². The number of piperidine rings is 1. The molecule has 1 rings (SSSR count). The fraction of sp³-hybridized carbons (Fsp3) is 0.917. The predicted octanol–water partition coefficient (Wildman–Crippen LogP) is 0.825. The van der Waals surface area contributed by atoms with Crippen LogP contribution in [0.5, 0.6) is 0 Å². The average molecular weight is 244 g/mol. The van der Waals surface area contributed by atoms with Crippen LogP contribution in [0.15, 0.2) is 0 Å². The minimum Gasteiger partial charge on any atom is -0.453 e. The molecular weight excluding hydrogens is 220 g/mol. The van der Waals surface area contributed by atoms with Crippen molar-refractivity contribution in [2.45, 2.75) is 32.2 Å². The summed E-state index contributed by atoms with van der Waals surface area (Å²) in [6, 6.07) is 0.167. The van der Waals surface area contributed by atoms with Crippen molar-refractivity contribution in [3.05, 3.63) is 0 Å². The Morgan fingerprint density at radius 2 is 2.29 bits per heavy atom. The summed E-state index contributed by atoms with van der Waals surface area (Å²) in [6.07, 6.45) is 2.49. The summed E-state index contributed by atoms with van der Waals surface area (Å²) >= 11 is 0. The first kappa shape index (κ1) is 14.3. The number of aliphatic hydroxyl groups excluding tert-OH is 1. The van der Waals surface area contributed by atoms with Gasteiger partial charge in [0.2, 0.25) is 0 Å². The standard InChI is InChI=1S/C12H24N2O3/c1-3-14-8-10(5-4-6-15)7-11(9-14)13-12(16)17-2/h10-11,15H,3-9H2,1-2H3,(H,13,16). The number of carbonyl (C=O) groups is 1. The Morgan fingerprint density at radius 1 is 1.53 bits per heavy atom. The first-order chi connectivity index (χ1) is 8.19. The van der Waals surface area contributed by atoms with Gasteiger partial charge in [-0.2, -0.15) is 0 Å². The summed E-state index contributed by atoms with van der Waals surface area (Å²) in [5.41, 5.74) is 0. The lowest BCUT2D eigenvalue weighted by Gasteiger charge is -2.37. The SMILES string of the molecule is CCN1CC(CCCO)CC(NC(=O)OC)C1. The van der Waals surface area contributed by atoms with Crippen LogP contribution >= 0.6 is 0 Å². The largest absolute Gasteiger partial charge is 0.453 e. The molecule has 17 heavy (non-hydrogen) atoms. The number of likely N-dealkylation sites (N-methyl/N-ethyl adjacent to an activating group) is 1. The molecule has 100 valence electrons. The summed E-state index contributed by atoms with van der Waals surface area (Å²) in [5.74, 6) is 0.554. The molecule has 1 aliphatic heterocycles. The Kier molecular flexibility index (Phi) is 6.29. The van der Waals surface area contributed by atoms with Crippen LogP contribution in [0.3, 0.4) is 0 Å². The van der Waals surface area contributed by atoms with E-state index in [-0.39, 0.29) is 18.7 Å². The second kappa shape index (κ2) is 7.50. The number of hydrogen-bond donors (Lipinski definition) is 2. The van der Waals surface area contributed by atoms with Gasteiger partial charge in [0.25, 0.3) is 0 Å². The Labute approximate surface area is 103 Å². The quantitative estimate of drug-likeness (QED) is 0.752. The van der Waals surface area contributed by atoms with E-state index in [1.165, 1.54) is 7.11 Å². The number of hydrogen-bond acceptors (Lipinski definition) is 4. The van der Waals surface area contributed by atoms with E-state index in [0.717, 1.165) is 38.9 Å². The number of nitrogens with one attached hydrogen (secondary N) is 1. The fourth-order valence-electron chi connectivity index (χ4n) is 2.48. The second-order valence-corrected chi connectivity index (χ2v) is 4.65. The highest BCUT2D eigenvalue weighted by Crippen LogP contribution is 2.21. The topological polar surface area (TPSA) is 61.8 Å². The molecule has 0 spiro atoms. The molecule has 5 nitrogen and oxygen atoms in total. The van der Waals surface area contributed by atoms with Crippen LogP contribution in [0.2, 0.25) is 0 Å². The van der Waals surface area contributed by atoms with Crippen LogP contribution in [0.25, 0.3) is 0 Å². The van der Waals surface area contributed by atoms with Crippen molar-refractivity contribution >= 4 is 6.09 Å². The van der Waals surface area contributed by atoms with E-state index in [0.29, 0.717) is 5.92 Å². The molecule has 0 aromatic carbocycles. The van der Waals surface area contributed by atoms with Crippen LogP contribution < -0.4 is 5.32 Å². The minimum absolute atomic E-state index is 0.167. The first-order valence-corrected chi connectivity index (χ1v) is 6.37. The number of alkyl carbamates (subject to hydrolysis) is 1. The van der Waals surface area contributed by atoms with E-state index in [1.54, 1.807) is 0 Å². The average Bonchev–Trinajstić information content (AvgIpc) is 2.35. The van der Waals surface area contributed by atoms with Crippen molar-refractivity contribution in [1.82, 2.24) is 10.2 Å². The van der Waals surface area contributed by atoms with Gasteiger partial charge < -0.3 is 20.1 Å². The lowest BCUT2D eigenvalue weighted by molar-refractivity contribution is 0.121. The first-order valence-electron chi connectivity index (χ1n) is 6.37. The molecule has 1 aliphatic rings. The highest BCUT2D eigenvalue weighted by molar-refractivity contribution is 5.67. The third-order valence-corrected chi connectivity index (χ3v) is 3.34. The van der Waals surface area contributed by atoms with Crippen LogP contribution in [-0.4, -0.2) is 55.5 Å². The van der Waals surface area contributed by atoms with E-state index in [4.69, 9.17) is 5.11 Å². The summed E-state index contributed by atoms with van der Waals surface area (Å²) in [5, 5.41) is 11.7. The highest BCUT2D eigenvalue weighted by atomic mass is 16.5. The Hall–Kier alpha value is -0.810. The van der Waals surface area contributed by atoms with Gasteiger partial charge >= 0.3 is 6.09 Å². The number of rotatable bonds is 5. The Bertz CT molecular complexity index is 236. The number of nitrogens with zero attached hydrogens (tertiary/aromatic N) is 1. The molecule has 0 aromatic rings. The van der Waals surface area contributed by atoms with Gasteiger partial charge in [0.15, 0.2) is 0 Å². The summed E-state index contributed by atoms with van der Waals surface area (Å²) in [6.45, 7) is 5.33. The Balaban J connectivity index is 2.44. The lowest BCUT2D eigenvalue weighted by Crippen LogP contribution is -2.50. The number of carbonyl (C=O) groups excluding carboxylic acids is 1. The predicted molar refractivity (Wildman–Crippen MR) is 65.9 cm³/mol. The monoisotopic (exact) mass is 244 g/mol. The maximum Gasteiger partial charge on any atom is 0.407 e. The van der Waals surface area contributed by atoms with Gasteiger partial charge in [-0.05, 0) is 31.7 Å².